The van der Waals surface area contributed by atoms with Crippen LogP contribution in [0.3, 0.4) is 0 Å². The number of nitrogen functional groups attached to an aromatic ring is 1. The standard InChI is InChI=1S/C18H18INO3/c1-2-23-18(22)13-10-14(17(20)15(19)11-13)16(21)9-8-12-6-4-3-5-7-12/h3-11,16,21H,2,20H2,1H3/b9-8+. The Morgan fingerprint density at radius 2 is 2.04 bits per heavy atom. The fourth-order valence-corrected chi connectivity index (χ4v) is 2.73. The lowest BCUT2D eigenvalue weighted by molar-refractivity contribution is 0.0526. The molecule has 0 fully saturated rings. The van der Waals surface area contributed by atoms with Gasteiger partial charge in [-0.15, -0.1) is 0 Å². The van der Waals surface area contributed by atoms with Crippen molar-refractivity contribution in [1.29, 1.82) is 0 Å². The first-order chi connectivity index (χ1) is 11.0. The molecule has 0 radical (unpaired) electrons. The summed E-state index contributed by atoms with van der Waals surface area (Å²) in [6, 6.07) is 12.9. The van der Waals surface area contributed by atoms with E-state index in [1.165, 1.54) is 0 Å². The minimum atomic E-state index is -0.905. The average Bonchev–Trinajstić information content (AvgIpc) is 2.56. The molecular weight excluding hydrogens is 405 g/mol. The van der Waals surface area contributed by atoms with Crippen LogP contribution in [0.25, 0.3) is 6.08 Å². The van der Waals surface area contributed by atoms with Crippen LogP contribution in [0.4, 0.5) is 5.69 Å². The Kier molecular flexibility index (Phi) is 6.18. The van der Waals surface area contributed by atoms with Gasteiger partial charge in [-0.2, -0.15) is 0 Å². The number of rotatable bonds is 5. The van der Waals surface area contributed by atoms with Crippen LogP contribution in [0.5, 0.6) is 0 Å². The highest BCUT2D eigenvalue weighted by Crippen LogP contribution is 2.28. The number of carbonyl (C=O) groups is 1. The van der Waals surface area contributed by atoms with Crippen molar-refractivity contribution < 1.29 is 14.6 Å². The fraction of sp³-hybridized carbons (Fsp3) is 0.167. The SMILES string of the molecule is CCOC(=O)c1cc(I)c(N)c(C(O)/C=C/c2ccccc2)c1. The van der Waals surface area contributed by atoms with E-state index in [4.69, 9.17) is 10.5 Å². The van der Waals surface area contributed by atoms with Gasteiger partial charge >= 0.3 is 5.97 Å². The lowest BCUT2D eigenvalue weighted by Crippen LogP contribution is -2.09. The molecule has 0 aromatic heterocycles. The highest BCUT2D eigenvalue weighted by molar-refractivity contribution is 14.1. The van der Waals surface area contributed by atoms with E-state index in [0.717, 1.165) is 5.56 Å². The van der Waals surface area contributed by atoms with Gasteiger partial charge in [-0.1, -0.05) is 42.5 Å². The van der Waals surface area contributed by atoms with Gasteiger partial charge in [-0.25, -0.2) is 4.79 Å². The van der Waals surface area contributed by atoms with Gasteiger partial charge in [-0.3, -0.25) is 0 Å². The van der Waals surface area contributed by atoms with Crippen LogP contribution in [0, 0.1) is 3.57 Å². The summed E-state index contributed by atoms with van der Waals surface area (Å²) in [5.74, 6) is -0.425. The van der Waals surface area contributed by atoms with E-state index < -0.39 is 12.1 Å². The molecule has 1 unspecified atom stereocenters. The molecule has 2 rings (SSSR count). The third-order valence-corrected chi connectivity index (χ3v) is 4.15. The molecule has 1 atom stereocenters. The molecule has 0 amide bonds. The second kappa shape index (κ2) is 8.12. The summed E-state index contributed by atoms with van der Waals surface area (Å²) in [5.41, 5.74) is 8.35. The van der Waals surface area contributed by atoms with Crippen LogP contribution in [-0.4, -0.2) is 17.7 Å². The van der Waals surface area contributed by atoms with Gasteiger partial charge in [0.25, 0.3) is 0 Å². The molecule has 2 aromatic carbocycles. The van der Waals surface area contributed by atoms with Crippen LogP contribution in [-0.2, 0) is 4.74 Å². The first-order valence-electron chi connectivity index (χ1n) is 7.20. The summed E-state index contributed by atoms with van der Waals surface area (Å²) in [5, 5.41) is 10.4. The van der Waals surface area contributed by atoms with Crippen molar-refractivity contribution >= 4 is 40.3 Å². The number of aliphatic hydroxyl groups excluding tert-OH is 1. The largest absolute Gasteiger partial charge is 0.462 e. The number of hydrogen-bond acceptors (Lipinski definition) is 4. The molecule has 0 aliphatic heterocycles. The molecule has 5 heteroatoms. The third-order valence-electron chi connectivity index (χ3n) is 3.26. The molecule has 0 saturated carbocycles. The third kappa shape index (κ3) is 4.56. The van der Waals surface area contributed by atoms with Gasteiger partial charge in [0.15, 0.2) is 0 Å². The molecule has 0 spiro atoms. The quantitative estimate of drug-likeness (QED) is 0.436. The van der Waals surface area contributed by atoms with Crippen molar-refractivity contribution in [2.24, 2.45) is 0 Å². The summed E-state index contributed by atoms with van der Waals surface area (Å²) in [6.45, 7) is 2.05. The lowest BCUT2D eigenvalue weighted by atomic mass is 10.0. The van der Waals surface area contributed by atoms with Crippen molar-refractivity contribution in [3.05, 3.63) is 68.8 Å². The van der Waals surface area contributed by atoms with E-state index in [0.29, 0.717) is 27.0 Å². The number of anilines is 1. The Balaban J connectivity index is 2.30. The van der Waals surface area contributed by atoms with Crippen LogP contribution in [0.1, 0.15) is 34.5 Å². The second-order valence-corrected chi connectivity index (χ2v) is 6.06. The molecular formula is C18H18INO3. The molecule has 0 aliphatic carbocycles. The predicted molar refractivity (Wildman–Crippen MR) is 100.0 cm³/mol. The maximum Gasteiger partial charge on any atom is 0.338 e. The van der Waals surface area contributed by atoms with E-state index in [2.05, 4.69) is 0 Å². The second-order valence-electron chi connectivity index (χ2n) is 4.90. The topological polar surface area (TPSA) is 72.5 Å². The lowest BCUT2D eigenvalue weighted by Gasteiger charge is -2.13. The minimum Gasteiger partial charge on any atom is -0.462 e. The van der Waals surface area contributed by atoms with Gasteiger partial charge < -0.3 is 15.6 Å². The van der Waals surface area contributed by atoms with Gasteiger partial charge in [0.2, 0.25) is 0 Å². The Morgan fingerprint density at radius 1 is 1.35 bits per heavy atom. The van der Waals surface area contributed by atoms with Crippen molar-refractivity contribution in [3.63, 3.8) is 0 Å². The number of benzene rings is 2. The number of nitrogens with two attached hydrogens (primary N) is 1. The fourth-order valence-electron chi connectivity index (χ4n) is 2.09. The first-order valence-corrected chi connectivity index (χ1v) is 8.28. The van der Waals surface area contributed by atoms with Crippen LogP contribution < -0.4 is 5.73 Å². The number of carbonyl (C=O) groups excluding carboxylic acids is 1. The maximum absolute atomic E-state index is 11.9. The van der Waals surface area contributed by atoms with E-state index >= 15 is 0 Å². The highest BCUT2D eigenvalue weighted by atomic mass is 127. The summed E-state index contributed by atoms with van der Waals surface area (Å²) < 4.78 is 5.71. The van der Waals surface area contributed by atoms with Crippen molar-refractivity contribution in [2.45, 2.75) is 13.0 Å². The number of halogens is 1. The molecule has 0 heterocycles. The molecule has 3 N–H and O–H groups in total. The van der Waals surface area contributed by atoms with E-state index in [9.17, 15) is 9.90 Å². The zero-order valence-electron chi connectivity index (χ0n) is 12.7. The van der Waals surface area contributed by atoms with E-state index in [1.54, 1.807) is 25.1 Å². The van der Waals surface area contributed by atoms with Gasteiger partial charge in [0.1, 0.15) is 0 Å². The number of esters is 1. The molecule has 0 aliphatic rings. The Bertz CT molecular complexity index is 714. The number of hydrogen-bond donors (Lipinski definition) is 2. The number of aliphatic hydroxyl groups is 1. The number of ether oxygens (including phenoxy) is 1. The molecule has 120 valence electrons. The average molecular weight is 423 g/mol. The zero-order chi connectivity index (χ0) is 16.8. The molecule has 0 saturated heterocycles. The van der Waals surface area contributed by atoms with Crippen LogP contribution in [0.2, 0.25) is 0 Å². The van der Waals surface area contributed by atoms with Crippen LogP contribution >= 0.6 is 22.6 Å². The Hall–Kier alpha value is -1.86. The van der Waals surface area contributed by atoms with Gasteiger partial charge in [0.05, 0.1) is 24.0 Å². The first kappa shape index (κ1) is 17.5. The summed E-state index contributed by atoms with van der Waals surface area (Å²) >= 11 is 2.04. The van der Waals surface area contributed by atoms with E-state index in [1.807, 2.05) is 59.0 Å². The van der Waals surface area contributed by atoms with Gasteiger partial charge in [-0.05, 0) is 47.2 Å². The van der Waals surface area contributed by atoms with E-state index in [-0.39, 0.29) is 0 Å². The Labute approximate surface area is 149 Å². The van der Waals surface area contributed by atoms with Crippen LogP contribution in [0.15, 0.2) is 48.5 Å². The normalized spacial score (nSPS) is 12.3. The predicted octanol–water partition coefficient (Wildman–Crippen LogP) is 3.80. The molecule has 23 heavy (non-hydrogen) atoms. The highest BCUT2D eigenvalue weighted by Gasteiger charge is 2.16. The summed E-state index contributed by atoms with van der Waals surface area (Å²) in [6.07, 6.45) is 2.55. The zero-order valence-corrected chi connectivity index (χ0v) is 14.9. The van der Waals surface area contributed by atoms with Crippen molar-refractivity contribution in [3.8, 4) is 0 Å². The maximum atomic E-state index is 11.9. The molecule has 0 bridgehead atoms. The monoisotopic (exact) mass is 423 g/mol. The summed E-state index contributed by atoms with van der Waals surface area (Å²) in [4.78, 5) is 11.9. The van der Waals surface area contributed by atoms with Crippen molar-refractivity contribution in [2.75, 3.05) is 12.3 Å². The summed E-state index contributed by atoms with van der Waals surface area (Å²) in [7, 11) is 0. The van der Waals surface area contributed by atoms with Gasteiger partial charge in [0, 0.05) is 9.13 Å². The minimum absolute atomic E-state index is 0.297. The smallest absolute Gasteiger partial charge is 0.338 e. The molecule has 2 aromatic rings. The van der Waals surface area contributed by atoms with Crippen molar-refractivity contribution in [1.82, 2.24) is 0 Å². The molecule has 4 nitrogen and oxygen atoms in total. The Morgan fingerprint density at radius 3 is 2.70 bits per heavy atom.